The van der Waals surface area contributed by atoms with Gasteiger partial charge in [-0.05, 0) is 41.1 Å². The Labute approximate surface area is 97.9 Å². The third kappa shape index (κ3) is 1.66. The lowest BCUT2D eigenvalue weighted by Crippen LogP contribution is -2.29. The largest absolute Gasteiger partial charge is 0.306 e. The lowest BCUT2D eigenvalue weighted by molar-refractivity contribution is 0.566. The number of hydrogen-bond donors (Lipinski definition) is 1. The Morgan fingerprint density at radius 1 is 1.31 bits per heavy atom. The standard InChI is InChI=1S/C13H12FNS/c14-10-3-1-2-9(8-10)13-11-5-7-16-12(11)4-6-15-13/h1-3,5,7-8,13,15H,4,6H2/t13-/m0/s1. The summed E-state index contributed by atoms with van der Waals surface area (Å²) in [6, 6.07) is 9.15. The first-order valence-electron chi connectivity index (χ1n) is 5.40. The quantitative estimate of drug-likeness (QED) is 0.798. The molecule has 0 aliphatic carbocycles. The van der Waals surface area contributed by atoms with Crippen LogP contribution in [0.2, 0.25) is 0 Å². The van der Waals surface area contributed by atoms with Crippen molar-refractivity contribution < 1.29 is 4.39 Å². The molecule has 0 fully saturated rings. The molecule has 0 amide bonds. The second kappa shape index (κ2) is 4.00. The Bertz CT molecular complexity index is 506. The average Bonchev–Trinajstić information content (AvgIpc) is 2.76. The lowest BCUT2D eigenvalue weighted by atomic mass is 9.95. The van der Waals surface area contributed by atoms with Gasteiger partial charge in [-0.25, -0.2) is 4.39 Å². The summed E-state index contributed by atoms with van der Waals surface area (Å²) in [6.45, 7) is 0.967. The predicted molar refractivity (Wildman–Crippen MR) is 64.3 cm³/mol. The number of benzene rings is 1. The van der Waals surface area contributed by atoms with Gasteiger partial charge in [0.1, 0.15) is 5.82 Å². The Kier molecular flexibility index (Phi) is 2.50. The molecule has 0 spiro atoms. The van der Waals surface area contributed by atoms with Gasteiger partial charge in [0.25, 0.3) is 0 Å². The zero-order valence-corrected chi connectivity index (χ0v) is 9.56. The molecule has 2 aromatic rings. The fourth-order valence-electron chi connectivity index (χ4n) is 2.23. The molecule has 0 bridgehead atoms. The molecular formula is C13H12FNS. The number of rotatable bonds is 1. The van der Waals surface area contributed by atoms with Gasteiger partial charge in [-0.15, -0.1) is 11.3 Å². The van der Waals surface area contributed by atoms with Crippen LogP contribution in [-0.4, -0.2) is 6.54 Å². The van der Waals surface area contributed by atoms with Crippen LogP contribution in [0.3, 0.4) is 0 Å². The zero-order chi connectivity index (χ0) is 11.0. The molecule has 16 heavy (non-hydrogen) atoms. The van der Waals surface area contributed by atoms with Crippen LogP contribution in [-0.2, 0) is 6.42 Å². The maximum absolute atomic E-state index is 13.2. The van der Waals surface area contributed by atoms with Crippen molar-refractivity contribution in [1.29, 1.82) is 0 Å². The highest BCUT2D eigenvalue weighted by Crippen LogP contribution is 2.31. The first-order chi connectivity index (χ1) is 7.84. The molecule has 3 rings (SSSR count). The molecule has 2 heterocycles. The highest BCUT2D eigenvalue weighted by molar-refractivity contribution is 7.10. The third-order valence-electron chi connectivity index (χ3n) is 2.97. The zero-order valence-electron chi connectivity index (χ0n) is 8.74. The van der Waals surface area contributed by atoms with Gasteiger partial charge in [0.2, 0.25) is 0 Å². The van der Waals surface area contributed by atoms with E-state index in [1.807, 2.05) is 6.07 Å². The van der Waals surface area contributed by atoms with Crippen LogP contribution >= 0.6 is 11.3 Å². The number of nitrogens with one attached hydrogen (secondary N) is 1. The van der Waals surface area contributed by atoms with E-state index in [0.717, 1.165) is 18.5 Å². The van der Waals surface area contributed by atoms with Crippen LogP contribution in [0.25, 0.3) is 0 Å². The molecule has 0 saturated heterocycles. The Morgan fingerprint density at radius 3 is 3.12 bits per heavy atom. The molecule has 82 valence electrons. The van der Waals surface area contributed by atoms with Gasteiger partial charge in [-0.3, -0.25) is 0 Å². The van der Waals surface area contributed by atoms with E-state index in [9.17, 15) is 4.39 Å². The van der Waals surface area contributed by atoms with Gasteiger partial charge in [-0.2, -0.15) is 0 Å². The van der Waals surface area contributed by atoms with Crippen molar-refractivity contribution in [1.82, 2.24) is 5.32 Å². The fraction of sp³-hybridized carbons (Fsp3) is 0.231. The molecular weight excluding hydrogens is 221 g/mol. The molecule has 1 aliphatic rings. The van der Waals surface area contributed by atoms with E-state index in [1.165, 1.54) is 16.5 Å². The van der Waals surface area contributed by atoms with E-state index < -0.39 is 0 Å². The summed E-state index contributed by atoms with van der Waals surface area (Å²) >= 11 is 1.79. The van der Waals surface area contributed by atoms with E-state index in [1.54, 1.807) is 23.5 Å². The van der Waals surface area contributed by atoms with Crippen LogP contribution in [0.15, 0.2) is 35.7 Å². The fourth-order valence-corrected chi connectivity index (χ4v) is 3.16. The smallest absolute Gasteiger partial charge is 0.123 e. The van der Waals surface area contributed by atoms with Crippen molar-refractivity contribution in [3.8, 4) is 0 Å². The van der Waals surface area contributed by atoms with Crippen molar-refractivity contribution in [2.75, 3.05) is 6.54 Å². The van der Waals surface area contributed by atoms with Crippen molar-refractivity contribution in [3.05, 3.63) is 57.5 Å². The van der Waals surface area contributed by atoms with Gasteiger partial charge < -0.3 is 5.32 Å². The van der Waals surface area contributed by atoms with Crippen LogP contribution in [0.5, 0.6) is 0 Å². The van der Waals surface area contributed by atoms with Gasteiger partial charge in [-0.1, -0.05) is 12.1 Å². The first kappa shape index (κ1) is 10.00. The molecule has 1 aliphatic heterocycles. The van der Waals surface area contributed by atoms with Gasteiger partial charge in [0, 0.05) is 11.4 Å². The van der Waals surface area contributed by atoms with Gasteiger partial charge >= 0.3 is 0 Å². The van der Waals surface area contributed by atoms with E-state index in [4.69, 9.17) is 0 Å². The van der Waals surface area contributed by atoms with E-state index in [0.29, 0.717) is 0 Å². The normalized spacial score (nSPS) is 19.4. The molecule has 0 saturated carbocycles. The summed E-state index contributed by atoms with van der Waals surface area (Å²) in [5.74, 6) is -0.165. The summed E-state index contributed by atoms with van der Waals surface area (Å²) in [5, 5.41) is 5.56. The second-order valence-electron chi connectivity index (χ2n) is 3.99. The van der Waals surface area contributed by atoms with Gasteiger partial charge in [0.05, 0.1) is 6.04 Å². The minimum absolute atomic E-state index is 0.158. The molecule has 1 N–H and O–H groups in total. The minimum Gasteiger partial charge on any atom is -0.306 e. The van der Waals surface area contributed by atoms with E-state index >= 15 is 0 Å². The van der Waals surface area contributed by atoms with Crippen molar-refractivity contribution in [2.45, 2.75) is 12.5 Å². The summed E-state index contributed by atoms with van der Waals surface area (Å²) in [4.78, 5) is 1.42. The molecule has 3 heteroatoms. The second-order valence-corrected chi connectivity index (χ2v) is 4.99. The maximum Gasteiger partial charge on any atom is 0.123 e. The molecule has 0 unspecified atom stereocenters. The Balaban J connectivity index is 2.04. The number of thiophene rings is 1. The highest BCUT2D eigenvalue weighted by atomic mass is 32.1. The molecule has 1 atom stereocenters. The van der Waals surface area contributed by atoms with Crippen LogP contribution in [0, 0.1) is 5.82 Å². The van der Waals surface area contributed by atoms with Crippen molar-refractivity contribution >= 4 is 11.3 Å². The van der Waals surface area contributed by atoms with Crippen LogP contribution < -0.4 is 5.32 Å². The summed E-state index contributed by atoms with van der Waals surface area (Å²) in [6.07, 6.45) is 1.08. The van der Waals surface area contributed by atoms with E-state index in [-0.39, 0.29) is 11.9 Å². The van der Waals surface area contributed by atoms with Crippen molar-refractivity contribution in [2.24, 2.45) is 0 Å². The van der Waals surface area contributed by atoms with E-state index in [2.05, 4.69) is 16.8 Å². The minimum atomic E-state index is -0.165. The van der Waals surface area contributed by atoms with Crippen LogP contribution in [0.4, 0.5) is 4.39 Å². The summed E-state index contributed by atoms with van der Waals surface area (Å²) in [7, 11) is 0. The number of hydrogen-bond acceptors (Lipinski definition) is 2. The number of fused-ring (bicyclic) bond motifs is 1. The number of halogens is 1. The molecule has 0 radical (unpaired) electrons. The van der Waals surface area contributed by atoms with Gasteiger partial charge in [0.15, 0.2) is 0 Å². The monoisotopic (exact) mass is 233 g/mol. The Hall–Kier alpha value is -1.19. The first-order valence-corrected chi connectivity index (χ1v) is 6.27. The highest BCUT2D eigenvalue weighted by Gasteiger charge is 2.22. The molecule has 1 nitrogen and oxygen atoms in total. The lowest BCUT2D eigenvalue weighted by Gasteiger charge is -2.24. The SMILES string of the molecule is Fc1cccc([C@@H]2NCCc3sccc32)c1. The topological polar surface area (TPSA) is 12.0 Å². The molecule has 1 aromatic heterocycles. The van der Waals surface area contributed by atoms with Crippen molar-refractivity contribution in [3.63, 3.8) is 0 Å². The predicted octanol–water partition coefficient (Wildman–Crippen LogP) is 3.12. The average molecular weight is 233 g/mol. The summed E-state index contributed by atoms with van der Waals surface area (Å²) in [5.41, 5.74) is 2.32. The molecule has 1 aromatic carbocycles. The Morgan fingerprint density at radius 2 is 2.25 bits per heavy atom. The third-order valence-corrected chi connectivity index (χ3v) is 3.97. The summed E-state index contributed by atoms with van der Waals surface area (Å²) < 4.78 is 13.2. The maximum atomic E-state index is 13.2. The van der Waals surface area contributed by atoms with Crippen LogP contribution in [0.1, 0.15) is 22.0 Å².